The number of fused-ring (bicyclic) bond motifs is 1. The summed E-state index contributed by atoms with van der Waals surface area (Å²) >= 11 is 5.99. The van der Waals surface area contributed by atoms with E-state index in [9.17, 15) is 0 Å². The van der Waals surface area contributed by atoms with Crippen molar-refractivity contribution in [2.45, 2.75) is 32.7 Å². The molecule has 1 atom stereocenters. The van der Waals surface area contributed by atoms with Gasteiger partial charge in [-0.05, 0) is 57.1 Å². The summed E-state index contributed by atoms with van der Waals surface area (Å²) in [6, 6.07) is 7.60. The fourth-order valence-electron chi connectivity index (χ4n) is 2.14. The Morgan fingerprint density at radius 3 is 2.80 bits per heavy atom. The Kier molecular flexibility index (Phi) is 6.38. The molecule has 0 spiro atoms. The summed E-state index contributed by atoms with van der Waals surface area (Å²) < 4.78 is 45.4. The molecule has 0 aliphatic carbocycles. The highest BCUT2D eigenvalue weighted by molar-refractivity contribution is 7.45. The zero-order chi connectivity index (χ0) is 23.2. The molecule has 1 aromatic carbocycles. The van der Waals surface area contributed by atoms with Gasteiger partial charge in [-0.15, -0.1) is 0 Å². The maximum Gasteiger partial charge on any atom is 0.466 e. The maximum absolute atomic E-state index is 8.88. The van der Waals surface area contributed by atoms with Gasteiger partial charge in [-0.3, -0.25) is 4.98 Å². The minimum atomic E-state index is -4.64. The van der Waals surface area contributed by atoms with Crippen LogP contribution in [0.25, 0.3) is 10.9 Å². The highest BCUT2D eigenvalue weighted by Crippen LogP contribution is 2.26. The lowest BCUT2D eigenvalue weighted by molar-refractivity contribution is 0.275. The Bertz CT molecular complexity index is 873. The van der Waals surface area contributed by atoms with Gasteiger partial charge in [0.2, 0.25) is 0 Å². The van der Waals surface area contributed by atoms with Crippen molar-refractivity contribution in [3.63, 3.8) is 0 Å². The number of halogens is 1. The maximum atomic E-state index is 8.88. The van der Waals surface area contributed by atoms with Crippen molar-refractivity contribution in [1.29, 1.82) is 0 Å². The number of pyridine rings is 1. The van der Waals surface area contributed by atoms with Gasteiger partial charge < -0.3 is 25.3 Å². The molecule has 0 saturated heterocycles. The molecule has 1 heterocycles. The number of anilines is 1. The fraction of sp³-hybridized carbons (Fsp3) is 0.438. The van der Waals surface area contributed by atoms with E-state index in [4.69, 9.17) is 37.7 Å². The second-order valence-corrected chi connectivity index (χ2v) is 6.74. The number of benzene rings is 1. The summed E-state index contributed by atoms with van der Waals surface area (Å²) in [7, 11) is -4.64. The van der Waals surface area contributed by atoms with Gasteiger partial charge in [0, 0.05) is 35.2 Å². The van der Waals surface area contributed by atoms with E-state index in [2.05, 4.69) is 15.6 Å². The standard InChI is InChI=1S/C16H22ClN3.H3O4P/c1-3-18-9-4-5-12(2)20-15-8-10-19-16-11-13(17)6-7-14(15)16;1-5(2,3)4/h6-8,10-12,18H,3-5,9H2,1-2H3,(H,19,20);(H3,1,2,3,4)/i1D3,3D2;. The van der Waals surface area contributed by atoms with E-state index in [1.807, 2.05) is 31.2 Å². The molecule has 0 amide bonds. The number of aromatic nitrogens is 1. The van der Waals surface area contributed by atoms with E-state index in [1.165, 1.54) is 0 Å². The summed E-state index contributed by atoms with van der Waals surface area (Å²) in [6.45, 7) is -2.72. The lowest BCUT2D eigenvalue weighted by Gasteiger charge is -2.16. The monoisotopic (exact) mass is 394 g/mol. The second kappa shape index (κ2) is 10.7. The van der Waals surface area contributed by atoms with E-state index < -0.39 is 21.2 Å². The van der Waals surface area contributed by atoms with Gasteiger partial charge in [-0.25, -0.2) is 4.57 Å². The van der Waals surface area contributed by atoms with E-state index in [0.717, 1.165) is 23.0 Å². The topological polar surface area (TPSA) is 115 Å². The largest absolute Gasteiger partial charge is 0.466 e. The van der Waals surface area contributed by atoms with Crippen molar-refractivity contribution in [2.75, 3.05) is 18.4 Å². The highest BCUT2D eigenvalue weighted by Gasteiger charge is 2.06. The van der Waals surface area contributed by atoms with Gasteiger partial charge in [0.05, 0.1) is 5.52 Å². The van der Waals surface area contributed by atoms with Crippen LogP contribution in [0, 0.1) is 0 Å². The molecule has 0 saturated carbocycles. The molecule has 5 N–H and O–H groups in total. The van der Waals surface area contributed by atoms with E-state index >= 15 is 0 Å². The molecule has 9 heteroatoms. The molecular weight excluding hydrogens is 365 g/mol. The van der Waals surface area contributed by atoms with Crippen LogP contribution in [-0.2, 0) is 4.57 Å². The molecule has 25 heavy (non-hydrogen) atoms. The van der Waals surface area contributed by atoms with Gasteiger partial charge in [0.1, 0.15) is 0 Å². The minimum Gasteiger partial charge on any atom is -0.382 e. The Balaban J connectivity index is 0.000000804. The van der Waals surface area contributed by atoms with Crippen LogP contribution >= 0.6 is 19.4 Å². The van der Waals surface area contributed by atoms with Crippen molar-refractivity contribution in [3.05, 3.63) is 35.5 Å². The molecule has 1 unspecified atom stereocenters. The number of rotatable bonds is 7. The first-order valence-corrected chi connectivity index (χ1v) is 9.38. The SMILES string of the molecule is O=P(O)(O)O.[2H]C([2H])([2H])C([2H])([2H])NCCCC(C)Nc1ccnc2cc(Cl)ccc12. The third kappa shape index (κ3) is 9.75. The predicted molar refractivity (Wildman–Crippen MR) is 102 cm³/mol. The van der Waals surface area contributed by atoms with Gasteiger partial charge in [0.25, 0.3) is 0 Å². The first-order chi connectivity index (χ1) is 13.6. The number of nitrogens with zero attached hydrogens (tertiary/aromatic N) is 1. The summed E-state index contributed by atoms with van der Waals surface area (Å²) in [6.07, 6.45) is 3.14. The first kappa shape index (κ1) is 14.9. The second-order valence-electron chi connectivity index (χ2n) is 5.27. The molecular formula is C16H25ClN3O4P. The Hall–Kier alpha value is -1.21. The third-order valence-corrected chi connectivity index (χ3v) is 3.37. The first-order valence-electron chi connectivity index (χ1n) is 9.94. The van der Waals surface area contributed by atoms with Crippen LogP contribution in [0.2, 0.25) is 5.02 Å². The van der Waals surface area contributed by atoms with Crippen molar-refractivity contribution < 1.29 is 26.1 Å². The lowest BCUT2D eigenvalue weighted by atomic mass is 10.1. The Labute approximate surface area is 159 Å². The molecule has 0 aliphatic rings. The average molecular weight is 395 g/mol. The van der Waals surface area contributed by atoms with Crippen molar-refractivity contribution >= 4 is 36.0 Å². The van der Waals surface area contributed by atoms with Crippen LogP contribution < -0.4 is 10.6 Å². The number of hydrogen-bond acceptors (Lipinski definition) is 4. The third-order valence-electron chi connectivity index (χ3n) is 3.13. The van der Waals surface area contributed by atoms with Crippen molar-refractivity contribution in [1.82, 2.24) is 10.3 Å². The van der Waals surface area contributed by atoms with Crippen LogP contribution in [0.3, 0.4) is 0 Å². The van der Waals surface area contributed by atoms with Crippen molar-refractivity contribution in [2.24, 2.45) is 0 Å². The lowest BCUT2D eigenvalue weighted by Crippen LogP contribution is -2.19. The molecule has 140 valence electrons. The fourth-order valence-corrected chi connectivity index (χ4v) is 2.31. The summed E-state index contributed by atoms with van der Waals surface area (Å²) in [5, 5.41) is 7.51. The smallest absolute Gasteiger partial charge is 0.382 e. The quantitative estimate of drug-likeness (QED) is 0.362. The normalized spacial score (nSPS) is 16.4. The molecule has 7 nitrogen and oxygen atoms in total. The number of nitrogens with one attached hydrogen (secondary N) is 2. The van der Waals surface area contributed by atoms with Crippen molar-refractivity contribution in [3.8, 4) is 0 Å². The molecule has 2 rings (SSSR count). The predicted octanol–water partition coefficient (Wildman–Crippen LogP) is 3.15. The number of hydrogen-bond donors (Lipinski definition) is 5. The van der Waals surface area contributed by atoms with E-state index in [1.54, 1.807) is 6.20 Å². The molecule has 1 aromatic heterocycles. The van der Waals surface area contributed by atoms with Gasteiger partial charge in [-0.1, -0.05) is 18.5 Å². The zero-order valence-corrected chi connectivity index (χ0v) is 15.3. The van der Waals surface area contributed by atoms with Crippen LogP contribution in [-0.4, -0.2) is 38.7 Å². The average Bonchev–Trinajstić information content (AvgIpc) is 2.56. The van der Waals surface area contributed by atoms with Crippen LogP contribution in [0.15, 0.2) is 30.5 Å². The summed E-state index contributed by atoms with van der Waals surface area (Å²) in [5.41, 5.74) is 1.78. The molecule has 2 aromatic rings. The van der Waals surface area contributed by atoms with Gasteiger partial charge >= 0.3 is 7.82 Å². The van der Waals surface area contributed by atoms with Crippen LogP contribution in [0.5, 0.6) is 0 Å². The Morgan fingerprint density at radius 2 is 2.12 bits per heavy atom. The Morgan fingerprint density at radius 1 is 1.40 bits per heavy atom. The van der Waals surface area contributed by atoms with Gasteiger partial charge in [-0.2, -0.15) is 0 Å². The summed E-state index contributed by atoms with van der Waals surface area (Å²) in [5.74, 6) is 0. The minimum absolute atomic E-state index is 0.140. The molecule has 0 aliphatic heterocycles. The van der Waals surface area contributed by atoms with Crippen LogP contribution in [0.4, 0.5) is 5.69 Å². The van der Waals surface area contributed by atoms with Gasteiger partial charge in [0.15, 0.2) is 0 Å². The molecule has 0 fully saturated rings. The highest BCUT2D eigenvalue weighted by atomic mass is 35.5. The molecule has 0 radical (unpaired) electrons. The van der Waals surface area contributed by atoms with E-state index in [-0.39, 0.29) is 6.04 Å². The molecule has 0 bridgehead atoms. The number of phosphoric acid groups is 1. The summed E-state index contributed by atoms with van der Waals surface area (Å²) in [4.78, 5) is 25.9. The van der Waals surface area contributed by atoms with E-state index in [0.29, 0.717) is 18.0 Å². The van der Waals surface area contributed by atoms with Crippen LogP contribution in [0.1, 0.15) is 33.5 Å². The zero-order valence-electron chi connectivity index (χ0n) is 18.6.